The number of hydrogen-bond donors (Lipinski definition) is 0. The fraction of sp³-hybridized carbons (Fsp3) is 0.100. The van der Waals surface area contributed by atoms with Crippen molar-refractivity contribution in [3.63, 3.8) is 0 Å². The third kappa shape index (κ3) is 3.00. The van der Waals surface area contributed by atoms with E-state index in [2.05, 4.69) is 8.58 Å². The zero-order chi connectivity index (χ0) is 10.3. The van der Waals surface area contributed by atoms with E-state index in [1.54, 1.807) is 18.6 Å². The number of para-hydroxylation sites is 1. The Kier molecular flexibility index (Phi) is 3.64. The monoisotopic (exact) mass is 223 g/mol. The average Bonchev–Trinajstić information content (AvgIpc) is 2.80. The maximum atomic E-state index is 4.80. The molecule has 4 nitrogen and oxygen atoms in total. The molecule has 0 bridgehead atoms. The van der Waals surface area contributed by atoms with E-state index in [-0.39, 0.29) is 0 Å². The first kappa shape index (κ1) is 10.1. The molecule has 0 saturated carbocycles. The third-order valence-electron chi connectivity index (χ3n) is 1.70. The molecule has 5 heteroatoms. The highest BCUT2D eigenvalue weighted by molar-refractivity contribution is 7.93. The Morgan fingerprint density at radius 3 is 2.80 bits per heavy atom. The van der Waals surface area contributed by atoms with Crippen LogP contribution in [0.1, 0.15) is 5.56 Å². The minimum Gasteiger partial charge on any atom is -0.412 e. The van der Waals surface area contributed by atoms with Crippen molar-refractivity contribution in [3.05, 3.63) is 42.2 Å². The summed E-state index contributed by atoms with van der Waals surface area (Å²) in [5, 5.41) is 0. The lowest BCUT2D eigenvalue weighted by Gasteiger charge is -1.90. The molecule has 0 atom stereocenters. The largest absolute Gasteiger partial charge is 0.412 e. The van der Waals surface area contributed by atoms with Crippen molar-refractivity contribution < 1.29 is 14.0 Å². The Bertz CT molecular complexity index is 344. The van der Waals surface area contributed by atoms with Gasteiger partial charge < -0.3 is 9.07 Å². The molecule has 0 aliphatic carbocycles. The lowest BCUT2D eigenvalue weighted by molar-refractivity contribution is -0.194. The number of fused-ring (bicyclic) bond motifs is 1. The van der Waals surface area contributed by atoms with Crippen LogP contribution in [0.4, 0.5) is 0 Å². The molecule has 0 fully saturated rings. The molecule has 0 saturated heterocycles. The van der Waals surface area contributed by atoms with Gasteiger partial charge in [-0.25, -0.2) is 0 Å². The van der Waals surface area contributed by atoms with Gasteiger partial charge in [0.25, 0.3) is 0 Å². The maximum Gasteiger partial charge on any atom is 0.200 e. The van der Waals surface area contributed by atoms with Gasteiger partial charge in [-0.2, -0.15) is 9.29 Å². The summed E-state index contributed by atoms with van der Waals surface area (Å²) >= 11 is 1.08. The first-order chi connectivity index (χ1) is 7.47. The Hall–Kier alpha value is -1.46. The lowest BCUT2D eigenvalue weighted by atomic mass is 10.2. The van der Waals surface area contributed by atoms with Crippen molar-refractivity contribution in [1.82, 2.24) is 0 Å². The summed E-state index contributed by atoms with van der Waals surface area (Å²) in [4.78, 5) is 9.51. The molecule has 1 aromatic carbocycles. The van der Waals surface area contributed by atoms with Gasteiger partial charge in [-0.15, -0.1) is 0 Å². The van der Waals surface area contributed by atoms with Crippen LogP contribution in [0.25, 0.3) is 0 Å². The van der Waals surface area contributed by atoms with Crippen LogP contribution >= 0.6 is 12.2 Å². The van der Waals surface area contributed by atoms with Gasteiger partial charge in [0.1, 0.15) is 12.9 Å². The Morgan fingerprint density at radius 2 is 2.20 bits per heavy atom. The van der Waals surface area contributed by atoms with Crippen LogP contribution in [0.3, 0.4) is 0 Å². The van der Waals surface area contributed by atoms with E-state index in [4.69, 9.17) is 9.78 Å². The van der Waals surface area contributed by atoms with E-state index in [1.807, 2.05) is 24.3 Å². The van der Waals surface area contributed by atoms with Crippen LogP contribution in [0, 0.1) is 0 Å². The normalized spacial score (nSPS) is 15.7. The zero-order valence-corrected chi connectivity index (χ0v) is 8.65. The number of rotatable bonds is 0. The smallest absolute Gasteiger partial charge is 0.200 e. The average molecular weight is 223 g/mol. The second-order valence-electron chi connectivity index (χ2n) is 2.71. The number of benzene rings is 1. The van der Waals surface area contributed by atoms with E-state index in [0.29, 0.717) is 6.61 Å². The van der Waals surface area contributed by atoms with Crippen LogP contribution in [-0.2, 0) is 15.7 Å². The van der Waals surface area contributed by atoms with E-state index in [1.165, 1.54) is 0 Å². The Labute approximate surface area is 91.8 Å². The summed E-state index contributed by atoms with van der Waals surface area (Å²) in [5.74, 6) is 0.845. The van der Waals surface area contributed by atoms with Crippen LogP contribution < -0.4 is 4.89 Å². The van der Waals surface area contributed by atoms with E-state index < -0.39 is 0 Å². The molecule has 0 radical (unpaired) electrons. The predicted molar refractivity (Wildman–Crippen MR) is 58.2 cm³/mol. The van der Waals surface area contributed by atoms with Gasteiger partial charge in [0.05, 0.1) is 0 Å². The van der Waals surface area contributed by atoms with Crippen molar-refractivity contribution in [2.24, 2.45) is 4.40 Å². The SMILES string of the molecule is C1=COSN=C1.c1ccc2c(c1)COO2. The summed E-state index contributed by atoms with van der Waals surface area (Å²) in [7, 11) is 0. The van der Waals surface area contributed by atoms with Crippen molar-refractivity contribution in [2.45, 2.75) is 6.61 Å². The molecule has 2 aliphatic rings. The summed E-state index contributed by atoms with van der Waals surface area (Å²) in [5.41, 5.74) is 1.12. The van der Waals surface area contributed by atoms with E-state index in [0.717, 1.165) is 23.5 Å². The molecule has 0 aromatic heterocycles. The van der Waals surface area contributed by atoms with Gasteiger partial charge in [-0.3, -0.25) is 0 Å². The summed E-state index contributed by atoms with van der Waals surface area (Å²) < 4.78 is 8.27. The molecule has 2 heterocycles. The summed E-state index contributed by atoms with van der Waals surface area (Å²) in [6.07, 6.45) is 4.99. The molecule has 15 heavy (non-hydrogen) atoms. The fourth-order valence-corrected chi connectivity index (χ4v) is 1.32. The van der Waals surface area contributed by atoms with Crippen LogP contribution in [0.2, 0.25) is 0 Å². The second-order valence-corrected chi connectivity index (χ2v) is 3.26. The van der Waals surface area contributed by atoms with Crippen molar-refractivity contribution in [3.8, 4) is 5.75 Å². The summed E-state index contributed by atoms with van der Waals surface area (Å²) in [6.45, 7) is 0.580. The van der Waals surface area contributed by atoms with Crippen LogP contribution in [0.15, 0.2) is 41.0 Å². The van der Waals surface area contributed by atoms with Gasteiger partial charge in [0.15, 0.2) is 5.75 Å². The van der Waals surface area contributed by atoms with Gasteiger partial charge in [0, 0.05) is 11.8 Å². The molecule has 0 N–H and O–H groups in total. The van der Waals surface area contributed by atoms with Crippen molar-refractivity contribution in [1.29, 1.82) is 0 Å². The molecular formula is C10H9NO3S. The predicted octanol–water partition coefficient (Wildman–Crippen LogP) is 2.67. The molecule has 2 aliphatic heterocycles. The van der Waals surface area contributed by atoms with Crippen molar-refractivity contribution in [2.75, 3.05) is 0 Å². The van der Waals surface area contributed by atoms with Gasteiger partial charge in [-0.1, -0.05) is 18.2 Å². The Morgan fingerprint density at radius 1 is 1.27 bits per heavy atom. The fourth-order valence-electron chi connectivity index (χ4n) is 1.04. The molecule has 78 valence electrons. The minimum absolute atomic E-state index is 0.580. The highest BCUT2D eigenvalue weighted by atomic mass is 32.2. The second kappa shape index (κ2) is 5.43. The van der Waals surface area contributed by atoms with E-state index in [9.17, 15) is 0 Å². The van der Waals surface area contributed by atoms with Crippen LogP contribution in [-0.4, -0.2) is 6.21 Å². The third-order valence-corrected chi connectivity index (χ3v) is 2.11. The topological polar surface area (TPSA) is 40.0 Å². The molecule has 0 unspecified atom stereocenters. The number of hydrogen-bond acceptors (Lipinski definition) is 5. The van der Waals surface area contributed by atoms with Crippen LogP contribution in [0.5, 0.6) is 5.75 Å². The minimum atomic E-state index is 0.580. The van der Waals surface area contributed by atoms with Gasteiger partial charge >= 0.3 is 0 Å². The highest BCUT2D eigenvalue weighted by Gasteiger charge is 2.10. The Balaban J connectivity index is 0.000000124. The number of nitrogens with zero attached hydrogens (tertiary/aromatic N) is 1. The number of allylic oxidation sites excluding steroid dienone is 1. The molecule has 0 amide bonds. The van der Waals surface area contributed by atoms with Gasteiger partial charge in [0.2, 0.25) is 12.2 Å². The highest BCUT2D eigenvalue weighted by Crippen LogP contribution is 2.24. The molecule has 1 aromatic rings. The summed E-state index contributed by atoms with van der Waals surface area (Å²) in [6, 6.07) is 7.77. The first-order valence-corrected chi connectivity index (χ1v) is 5.05. The molecular weight excluding hydrogens is 214 g/mol. The standard InChI is InChI=1S/C7H6O2.C3H3NOS/c1-2-4-7-6(3-1)5-8-9-7;1-2-4-6-5-3-1/h1-4H,5H2;1-3H. The molecule has 0 spiro atoms. The maximum absolute atomic E-state index is 4.80. The van der Waals surface area contributed by atoms with E-state index >= 15 is 0 Å². The molecule has 3 rings (SSSR count). The van der Waals surface area contributed by atoms with Crippen molar-refractivity contribution >= 4 is 18.4 Å². The quantitative estimate of drug-likeness (QED) is 0.385. The lowest BCUT2D eigenvalue weighted by Crippen LogP contribution is -1.80. The first-order valence-electron chi connectivity index (χ1n) is 4.35. The van der Waals surface area contributed by atoms with Gasteiger partial charge in [-0.05, 0) is 12.1 Å². The zero-order valence-electron chi connectivity index (χ0n) is 7.83.